The quantitative estimate of drug-likeness (QED) is 0.131. The summed E-state index contributed by atoms with van der Waals surface area (Å²) in [5.74, 6) is 0. The zero-order valence-electron chi connectivity index (χ0n) is 24.0. The van der Waals surface area contributed by atoms with Crippen LogP contribution >= 0.6 is 0 Å². The van der Waals surface area contributed by atoms with Gasteiger partial charge in [0.25, 0.3) is 0 Å². The molecule has 0 fully saturated rings. The number of benzene rings is 4. The first-order chi connectivity index (χ1) is 20.6. The maximum atomic E-state index is 12.1. The van der Waals surface area contributed by atoms with E-state index in [1.165, 1.54) is 6.08 Å². The van der Waals surface area contributed by atoms with Crippen molar-refractivity contribution in [2.45, 2.75) is 50.3 Å². The molecule has 218 valence electrons. The SMILES string of the molecule is C=C[C@H](OCc1ccccc1)[C@@H](OCc1ccccc1)[C@H](OCc1ccccc1)[C@@](O)(C=C)COCc1ccccc1. The summed E-state index contributed by atoms with van der Waals surface area (Å²) in [5.41, 5.74) is 2.34. The van der Waals surface area contributed by atoms with Crippen LogP contribution in [0.2, 0.25) is 0 Å². The second-order valence-corrected chi connectivity index (χ2v) is 10.1. The standard InChI is InChI=1S/C37H40O5/c1-3-34(40-26-31-19-11-6-12-20-31)35(41-27-32-21-13-7-14-22-32)36(42-28-33-23-15-8-16-24-33)37(38,4-2)29-39-25-30-17-9-5-10-18-30/h3-24,34-36,38H,1-2,25-29H2/t34-,35+,36-,37+/m0/s1. The monoisotopic (exact) mass is 564 g/mol. The minimum absolute atomic E-state index is 0.0569. The average molecular weight is 565 g/mol. The fraction of sp³-hybridized carbons (Fsp3) is 0.243. The van der Waals surface area contributed by atoms with E-state index in [2.05, 4.69) is 13.2 Å². The Kier molecular flexibility index (Phi) is 12.3. The van der Waals surface area contributed by atoms with Crippen molar-refractivity contribution in [3.05, 3.63) is 169 Å². The molecule has 0 aliphatic heterocycles. The fourth-order valence-electron chi connectivity index (χ4n) is 4.63. The summed E-state index contributed by atoms with van der Waals surface area (Å²) < 4.78 is 25.5. The molecule has 0 radical (unpaired) electrons. The zero-order valence-corrected chi connectivity index (χ0v) is 24.0. The van der Waals surface area contributed by atoms with Gasteiger partial charge in [0.1, 0.15) is 23.9 Å². The molecule has 42 heavy (non-hydrogen) atoms. The maximum Gasteiger partial charge on any atom is 0.134 e. The summed E-state index contributed by atoms with van der Waals surface area (Å²) in [5, 5.41) is 12.1. The summed E-state index contributed by atoms with van der Waals surface area (Å²) in [4.78, 5) is 0. The highest BCUT2D eigenvalue weighted by atomic mass is 16.6. The normalized spacial score (nSPS) is 14.8. The van der Waals surface area contributed by atoms with Crippen molar-refractivity contribution in [1.29, 1.82) is 0 Å². The van der Waals surface area contributed by atoms with Crippen molar-refractivity contribution in [3.63, 3.8) is 0 Å². The van der Waals surface area contributed by atoms with Crippen LogP contribution in [0.1, 0.15) is 22.3 Å². The van der Waals surface area contributed by atoms with Crippen LogP contribution < -0.4 is 0 Å². The molecular formula is C37H40O5. The second-order valence-electron chi connectivity index (χ2n) is 10.1. The lowest BCUT2D eigenvalue weighted by Gasteiger charge is -2.40. The lowest BCUT2D eigenvalue weighted by atomic mass is 9.90. The van der Waals surface area contributed by atoms with E-state index in [0.717, 1.165) is 22.3 Å². The van der Waals surface area contributed by atoms with Crippen molar-refractivity contribution in [1.82, 2.24) is 0 Å². The van der Waals surface area contributed by atoms with Crippen LogP contribution in [-0.4, -0.2) is 35.6 Å². The molecule has 0 spiro atoms. The van der Waals surface area contributed by atoms with E-state index in [4.69, 9.17) is 18.9 Å². The fourth-order valence-corrected chi connectivity index (χ4v) is 4.63. The number of rotatable bonds is 18. The molecule has 0 aliphatic carbocycles. The maximum absolute atomic E-state index is 12.1. The highest BCUT2D eigenvalue weighted by Crippen LogP contribution is 2.28. The van der Waals surface area contributed by atoms with Crippen molar-refractivity contribution < 1.29 is 24.1 Å². The molecule has 5 nitrogen and oxygen atoms in total. The smallest absolute Gasteiger partial charge is 0.134 e. The molecule has 0 aromatic heterocycles. The average Bonchev–Trinajstić information content (AvgIpc) is 3.05. The number of hydrogen-bond donors (Lipinski definition) is 1. The minimum atomic E-state index is -1.61. The van der Waals surface area contributed by atoms with Crippen LogP contribution in [0.4, 0.5) is 0 Å². The summed E-state index contributed by atoms with van der Waals surface area (Å²) in [6, 6.07) is 39.4. The molecule has 4 rings (SSSR count). The Morgan fingerprint density at radius 2 is 0.976 bits per heavy atom. The first kappa shape index (κ1) is 31.1. The summed E-state index contributed by atoms with van der Waals surface area (Å²) in [6.45, 7) is 9.18. The topological polar surface area (TPSA) is 57.2 Å². The van der Waals surface area contributed by atoms with Crippen molar-refractivity contribution in [3.8, 4) is 0 Å². The molecule has 0 saturated carbocycles. The van der Waals surface area contributed by atoms with Crippen LogP contribution in [0, 0.1) is 0 Å². The Morgan fingerprint density at radius 3 is 1.40 bits per heavy atom. The zero-order chi connectivity index (χ0) is 29.5. The van der Waals surface area contributed by atoms with Gasteiger partial charge in [0.05, 0.1) is 33.0 Å². The molecule has 0 aliphatic rings. The molecule has 0 bridgehead atoms. The Morgan fingerprint density at radius 1 is 0.571 bits per heavy atom. The van der Waals surface area contributed by atoms with Gasteiger partial charge in [-0.15, -0.1) is 13.2 Å². The van der Waals surface area contributed by atoms with Crippen LogP contribution in [0.25, 0.3) is 0 Å². The van der Waals surface area contributed by atoms with E-state index in [0.29, 0.717) is 13.2 Å². The number of aliphatic hydroxyl groups is 1. The first-order valence-electron chi connectivity index (χ1n) is 14.2. The van der Waals surface area contributed by atoms with E-state index in [-0.39, 0.29) is 19.8 Å². The largest absolute Gasteiger partial charge is 0.381 e. The van der Waals surface area contributed by atoms with Gasteiger partial charge in [-0.2, -0.15) is 0 Å². The van der Waals surface area contributed by atoms with E-state index in [1.807, 2.05) is 121 Å². The highest BCUT2D eigenvalue weighted by Gasteiger charge is 2.44. The van der Waals surface area contributed by atoms with Gasteiger partial charge in [0, 0.05) is 0 Å². The van der Waals surface area contributed by atoms with Gasteiger partial charge in [-0.25, -0.2) is 0 Å². The number of ether oxygens (including phenoxy) is 4. The molecule has 0 saturated heterocycles. The lowest BCUT2D eigenvalue weighted by molar-refractivity contribution is -0.201. The van der Waals surface area contributed by atoms with Gasteiger partial charge in [0.15, 0.2) is 0 Å². The van der Waals surface area contributed by atoms with E-state index in [9.17, 15) is 5.11 Å². The van der Waals surface area contributed by atoms with Crippen LogP contribution in [0.5, 0.6) is 0 Å². The van der Waals surface area contributed by atoms with Gasteiger partial charge in [-0.05, 0) is 22.3 Å². The van der Waals surface area contributed by atoms with Crippen molar-refractivity contribution >= 4 is 0 Å². The van der Waals surface area contributed by atoms with Crippen LogP contribution in [0.15, 0.2) is 147 Å². The van der Waals surface area contributed by atoms with Gasteiger partial charge < -0.3 is 24.1 Å². The number of hydrogen-bond acceptors (Lipinski definition) is 5. The Bertz CT molecular complexity index is 1310. The molecule has 4 aromatic rings. The van der Waals surface area contributed by atoms with Crippen molar-refractivity contribution in [2.75, 3.05) is 6.61 Å². The Balaban J connectivity index is 1.62. The summed E-state index contributed by atoms with van der Waals surface area (Å²) in [6.07, 6.45) is 0.901. The van der Waals surface area contributed by atoms with Crippen LogP contribution in [-0.2, 0) is 45.4 Å². The molecule has 4 atom stereocenters. The molecule has 0 heterocycles. The molecule has 1 N–H and O–H groups in total. The predicted molar refractivity (Wildman–Crippen MR) is 166 cm³/mol. The van der Waals surface area contributed by atoms with Gasteiger partial charge in [0.2, 0.25) is 0 Å². The summed E-state index contributed by atoms with van der Waals surface area (Å²) >= 11 is 0. The minimum Gasteiger partial charge on any atom is -0.381 e. The Hall–Kier alpha value is -3.84. The second kappa shape index (κ2) is 16.6. The van der Waals surface area contributed by atoms with Crippen LogP contribution in [0.3, 0.4) is 0 Å². The third-order valence-corrected chi connectivity index (χ3v) is 6.99. The third-order valence-electron chi connectivity index (χ3n) is 6.99. The predicted octanol–water partition coefficient (Wildman–Crippen LogP) is 7.06. The van der Waals surface area contributed by atoms with E-state index in [1.54, 1.807) is 6.08 Å². The molecule has 0 amide bonds. The molecule has 4 aromatic carbocycles. The molecule has 5 heteroatoms. The third kappa shape index (κ3) is 9.35. The van der Waals surface area contributed by atoms with Crippen molar-refractivity contribution in [2.24, 2.45) is 0 Å². The van der Waals surface area contributed by atoms with Gasteiger partial charge in [-0.3, -0.25) is 0 Å². The van der Waals surface area contributed by atoms with E-state index >= 15 is 0 Å². The molecule has 0 unspecified atom stereocenters. The summed E-state index contributed by atoms with van der Waals surface area (Å²) in [7, 11) is 0. The lowest BCUT2D eigenvalue weighted by Crippen LogP contribution is -2.56. The first-order valence-corrected chi connectivity index (χ1v) is 14.2. The van der Waals surface area contributed by atoms with Gasteiger partial charge in [-0.1, -0.05) is 133 Å². The highest BCUT2D eigenvalue weighted by molar-refractivity contribution is 5.18. The van der Waals surface area contributed by atoms with Gasteiger partial charge >= 0.3 is 0 Å². The Labute approximate surface area is 249 Å². The van der Waals surface area contributed by atoms with E-state index < -0.39 is 23.9 Å². The molecular weight excluding hydrogens is 524 g/mol.